The molecule has 0 saturated carbocycles. The SMILES string of the molecule is CCOCCn1c(Cl)c(C=NNC(=O)c2cc3cc(C)ccc3o2)c2cc(OC(F)(F)F)ccc21. The molecule has 2 heterocycles. The average Bonchev–Trinajstić information content (AvgIpc) is 3.32. The Morgan fingerprint density at radius 3 is 2.77 bits per heavy atom. The molecule has 0 atom stereocenters. The molecule has 0 aliphatic carbocycles. The number of benzene rings is 2. The second kappa shape index (κ2) is 10.0. The molecule has 184 valence electrons. The van der Waals surface area contributed by atoms with Gasteiger partial charge >= 0.3 is 12.3 Å². The van der Waals surface area contributed by atoms with Crippen LogP contribution in [-0.2, 0) is 11.3 Å². The zero-order chi connectivity index (χ0) is 25.2. The molecule has 4 aromatic rings. The Morgan fingerprint density at radius 1 is 1.23 bits per heavy atom. The predicted octanol–water partition coefficient (Wildman–Crippen LogP) is 6.05. The van der Waals surface area contributed by atoms with Crippen molar-refractivity contribution in [1.29, 1.82) is 0 Å². The van der Waals surface area contributed by atoms with Crippen molar-refractivity contribution in [1.82, 2.24) is 9.99 Å². The van der Waals surface area contributed by atoms with E-state index in [-0.39, 0.29) is 10.9 Å². The molecule has 35 heavy (non-hydrogen) atoms. The molecule has 0 aliphatic heterocycles. The fourth-order valence-electron chi connectivity index (χ4n) is 3.65. The van der Waals surface area contributed by atoms with Crippen LogP contribution in [-0.4, -0.2) is 36.3 Å². The summed E-state index contributed by atoms with van der Waals surface area (Å²) in [6.07, 6.45) is -3.58. The second-order valence-corrected chi connectivity index (χ2v) is 7.99. The number of aromatic nitrogens is 1. The monoisotopic (exact) mass is 507 g/mol. The molecule has 2 aromatic heterocycles. The first-order valence-electron chi connectivity index (χ1n) is 10.6. The van der Waals surface area contributed by atoms with E-state index in [2.05, 4.69) is 15.3 Å². The molecule has 4 rings (SSSR count). The van der Waals surface area contributed by atoms with Gasteiger partial charge in [0.2, 0.25) is 0 Å². The third kappa shape index (κ3) is 5.60. The van der Waals surface area contributed by atoms with Crippen molar-refractivity contribution in [3.8, 4) is 5.75 Å². The first-order chi connectivity index (χ1) is 16.7. The first kappa shape index (κ1) is 24.6. The van der Waals surface area contributed by atoms with E-state index >= 15 is 0 Å². The number of carbonyl (C=O) groups excluding carboxylic acids is 1. The highest BCUT2D eigenvalue weighted by Gasteiger charge is 2.31. The Morgan fingerprint density at radius 2 is 2.03 bits per heavy atom. The minimum Gasteiger partial charge on any atom is -0.451 e. The van der Waals surface area contributed by atoms with Crippen molar-refractivity contribution in [2.75, 3.05) is 13.2 Å². The summed E-state index contributed by atoms with van der Waals surface area (Å²) in [5.74, 6) is -0.930. The molecule has 0 saturated heterocycles. The molecule has 0 unspecified atom stereocenters. The number of furan rings is 1. The smallest absolute Gasteiger partial charge is 0.451 e. The average molecular weight is 508 g/mol. The number of fused-ring (bicyclic) bond motifs is 2. The summed E-state index contributed by atoms with van der Waals surface area (Å²) in [5, 5.41) is 5.32. The van der Waals surface area contributed by atoms with Gasteiger partial charge in [0.15, 0.2) is 5.76 Å². The van der Waals surface area contributed by atoms with Gasteiger partial charge in [-0.05, 0) is 50.2 Å². The largest absolute Gasteiger partial charge is 0.573 e. The van der Waals surface area contributed by atoms with Crippen molar-refractivity contribution in [3.05, 3.63) is 64.5 Å². The van der Waals surface area contributed by atoms with Gasteiger partial charge in [-0.15, -0.1) is 13.2 Å². The van der Waals surface area contributed by atoms with Crippen LogP contribution in [0.15, 0.2) is 52.0 Å². The van der Waals surface area contributed by atoms with E-state index in [1.54, 1.807) is 16.7 Å². The number of aryl methyl sites for hydroxylation is 1. The Labute approximate surface area is 203 Å². The topological polar surface area (TPSA) is 78.0 Å². The molecule has 0 radical (unpaired) electrons. The van der Waals surface area contributed by atoms with E-state index in [1.807, 2.05) is 26.0 Å². The molecule has 0 aliphatic rings. The molecule has 1 N–H and O–H groups in total. The number of hydrazone groups is 1. The van der Waals surface area contributed by atoms with Gasteiger partial charge in [0.25, 0.3) is 0 Å². The Balaban J connectivity index is 1.62. The number of alkyl halides is 3. The van der Waals surface area contributed by atoms with Crippen LogP contribution in [0, 0.1) is 6.92 Å². The van der Waals surface area contributed by atoms with E-state index in [0.717, 1.165) is 10.9 Å². The van der Waals surface area contributed by atoms with Gasteiger partial charge < -0.3 is 18.5 Å². The molecule has 0 spiro atoms. The summed E-state index contributed by atoms with van der Waals surface area (Å²) in [5.41, 5.74) is 4.81. The highest BCUT2D eigenvalue weighted by atomic mass is 35.5. The van der Waals surface area contributed by atoms with E-state index in [0.29, 0.717) is 41.8 Å². The predicted molar refractivity (Wildman–Crippen MR) is 126 cm³/mol. The lowest BCUT2D eigenvalue weighted by atomic mass is 10.2. The standard InChI is InChI=1S/C24H21ClF3N3O4/c1-3-33-9-8-31-19-6-5-16(35-24(26,27)28)12-17(19)18(22(31)25)13-29-30-23(32)21-11-15-10-14(2)4-7-20(15)34-21/h4-7,10-13H,3,8-9H2,1-2H3,(H,30,32). The van der Waals surface area contributed by atoms with Gasteiger partial charge in [0.05, 0.1) is 18.3 Å². The summed E-state index contributed by atoms with van der Waals surface area (Å²) in [7, 11) is 0. The molecule has 0 bridgehead atoms. The minimum absolute atomic E-state index is 0.0638. The number of amides is 1. The van der Waals surface area contributed by atoms with Crippen LogP contribution in [0.25, 0.3) is 21.9 Å². The van der Waals surface area contributed by atoms with E-state index in [1.165, 1.54) is 24.4 Å². The number of carbonyl (C=O) groups is 1. The van der Waals surface area contributed by atoms with Gasteiger partial charge in [-0.3, -0.25) is 4.79 Å². The zero-order valence-electron chi connectivity index (χ0n) is 18.8. The fourth-order valence-corrected chi connectivity index (χ4v) is 3.98. The number of nitrogens with one attached hydrogen (secondary N) is 1. The highest BCUT2D eigenvalue weighted by molar-refractivity contribution is 6.34. The number of hydrogen-bond donors (Lipinski definition) is 1. The van der Waals surface area contributed by atoms with Crippen LogP contribution in [0.4, 0.5) is 13.2 Å². The summed E-state index contributed by atoms with van der Waals surface area (Å²) in [6, 6.07) is 11.0. The lowest BCUT2D eigenvalue weighted by molar-refractivity contribution is -0.274. The molecular formula is C24H21ClF3N3O4. The maximum Gasteiger partial charge on any atom is 0.573 e. The quantitative estimate of drug-likeness (QED) is 0.179. The molecule has 7 nitrogen and oxygen atoms in total. The lowest BCUT2D eigenvalue weighted by Crippen LogP contribution is -2.17. The van der Waals surface area contributed by atoms with Gasteiger partial charge in [-0.1, -0.05) is 23.2 Å². The number of ether oxygens (including phenoxy) is 2. The Bertz CT molecular complexity index is 1410. The van der Waals surface area contributed by atoms with Gasteiger partial charge in [-0.25, -0.2) is 5.43 Å². The maximum atomic E-state index is 12.7. The van der Waals surface area contributed by atoms with Gasteiger partial charge in [0, 0.05) is 29.5 Å². The van der Waals surface area contributed by atoms with Crippen LogP contribution < -0.4 is 10.2 Å². The Kier molecular flexibility index (Phi) is 7.04. The third-order valence-corrected chi connectivity index (χ3v) is 5.57. The molecule has 2 aromatic carbocycles. The van der Waals surface area contributed by atoms with Crippen LogP contribution in [0.1, 0.15) is 28.6 Å². The number of hydrogen-bond acceptors (Lipinski definition) is 5. The van der Waals surface area contributed by atoms with Crippen LogP contribution in [0.5, 0.6) is 5.75 Å². The van der Waals surface area contributed by atoms with Crippen molar-refractivity contribution in [3.63, 3.8) is 0 Å². The number of halogens is 4. The minimum atomic E-state index is -4.84. The molecule has 1 amide bonds. The molecule has 11 heteroatoms. The van der Waals surface area contributed by atoms with Crippen LogP contribution in [0.2, 0.25) is 5.15 Å². The maximum absolute atomic E-state index is 12.7. The number of nitrogens with zero attached hydrogens (tertiary/aromatic N) is 2. The van der Waals surface area contributed by atoms with Crippen LogP contribution >= 0.6 is 11.6 Å². The van der Waals surface area contributed by atoms with Gasteiger partial charge in [-0.2, -0.15) is 5.10 Å². The Hall–Kier alpha value is -3.50. The summed E-state index contributed by atoms with van der Waals surface area (Å²) in [6.45, 7) is 4.99. The third-order valence-electron chi connectivity index (χ3n) is 5.16. The lowest BCUT2D eigenvalue weighted by Gasteiger charge is -2.10. The second-order valence-electron chi connectivity index (χ2n) is 7.63. The molecule has 0 fully saturated rings. The van der Waals surface area contributed by atoms with Crippen molar-refractivity contribution < 1.29 is 31.9 Å². The fraction of sp³-hybridized carbons (Fsp3) is 0.250. The molecular weight excluding hydrogens is 487 g/mol. The number of rotatable bonds is 8. The highest BCUT2D eigenvalue weighted by Crippen LogP contribution is 2.33. The summed E-state index contributed by atoms with van der Waals surface area (Å²) < 4.78 is 54.9. The summed E-state index contributed by atoms with van der Waals surface area (Å²) in [4.78, 5) is 12.5. The van der Waals surface area contributed by atoms with E-state index in [9.17, 15) is 18.0 Å². The normalized spacial score (nSPS) is 12.2. The first-order valence-corrected chi connectivity index (χ1v) is 11.0. The van der Waals surface area contributed by atoms with Crippen molar-refractivity contribution in [2.45, 2.75) is 26.8 Å². The van der Waals surface area contributed by atoms with Gasteiger partial charge in [0.1, 0.15) is 16.5 Å². The van der Waals surface area contributed by atoms with Crippen molar-refractivity contribution in [2.24, 2.45) is 5.10 Å². The van der Waals surface area contributed by atoms with Crippen LogP contribution in [0.3, 0.4) is 0 Å². The summed E-state index contributed by atoms with van der Waals surface area (Å²) >= 11 is 6.54. The van der Waals surface area contributed by atoms with E-state index < -0.39 is 18.0 Å². The zero-order valence-corrected chi connectivity index (χ0v) is 19.5. The van der Waals surface area contributed by atoms with Crippen molar-refractivity contribution >= 4 is 45.6 Å². The van der Waals surface area contributed by atoms with E-state index in [4.69, 9.17) is 20.8 Å².